The Hall–Kier alpha value is -0.510. The number of benzene rings is 1. The molecule has 0 saturated carbocycles. The lowest BCUT2D eigenvalue weighted by molar-refractivity contribution is -0.0207. The number of hydrogen-bond donors (Lipinski definition) is 1. The van der Waals surface area contributed by atoms with Gasteiger partial charge in [0, 0.05) is 17.9 Å². The minimum absolute atomic E-state index is 0.00600. The monoisotopic (exact) mass is 266 g/mol. The van der Waals surface area contributed by atoms with Crippen molar-refractivity contribution in [3.05, 3.63) is 35.4 Å². The highest BCUT2D eigenvalue weighted by Gasteiger charge is 2.22. The molecular formula is C15H22O2S. The van der Waals surface area contributed by atoms with Crippen LogP contribution in [0.1, 0.15) is 30.9 Å². The summed E-state index contributed by atoms with van der Waals surface area (Å²) in [6.07, 6.45) is 0.292. The lowest BCUT2D eigenvalue weighted by Gasteiger charge is -2.26. The summed E-state index contributed by atoms with van der Waals surface area (Å²) in [6, 6.07) is 8.55. The molecule has 0 aliphatic carbocycles. The first kappa shape index (κ1) is 13.9. The molecule has 2 unspecified atom stereocenters. The Morgan fingerprint density at radius 2 is 2.06 bits per heavy atom. The Morgan fingerprint density at radius 1 is 1.33 bits per heavy atom. The normalized spacial score (nSPS) is 22.1. The Balaban J connectivity index is 1.91. The second-order valence-corrected chi connectivity index (χ2v) is 6.30. The van der Waals surface area contributed by atoms with Crippen LogP contribution in [0, 0.1) is 0 Å². The quantitative estimate of drug-likeness (QED) is 0.908. The van der Waals surface area contributed by atoms with E-state index in [2.05, 4.69) is 38.1 Å². The molecule has 0 radical (unpaired) electrons. The zero-order valence-electron chi connectivity index (χ0n) is 11.1. The Labute approximate surface area is 114 Å². The molecule has 1 fully saturated rings. The van der Waals surface area contributed by atoms with Crippen molar-refractivity contribution >= 4 is 11.8 Å². The van der Waals surface area contributed by atoms with Crippen LogP contribution in [-0.4, -0.2) is 35.4 Å². The molecule has 1 aliphatic heterocycles. The van der Waals surface area contributed by atoms with Gasteiger partial charge in [-0.3, -0.25) is 0 Å². The van der Waals surface area contributed by atoms with Gasteiger partial charge in [-0.2, -0.15) is 11.8 Å². The van der Waals surface area contributed by atoms with Crippen LogP contribution in [0.3, 0.4) is 0 Å². The first-order valence-corrected chi connectivity index (χ1v) is 7.78. The summed E-state index contributed by atoms with van der Waals surface area (Å²) in [6.45, 7) is 5.15. The Bertz CT molecular complexity index is 355. The van der Waals surface area contributed by atoms with E-state index < -0.39 is 0 Å². The van der Waals surface area contributed by atoms with Crippen molar-refractivity contribution in [2.45, 2.75) is 38.4 Å². The van der Waals surface area contributed by atoms with Gasteiger partial charge in [0.15, 0.2) is 0 Å². The second-order valence-electron chi connectivity index (χ2n) is 5.15. The number of aliphatic hydroxyl groups excluding tert-OH is 1. The third-order valence-corrected chi connectivity index (χ3v) is 4.38. The van der Waals surface area contributed by atoms with Crippen molar-refractivity contribution in [2.24, 2.45) is 0 Å². The van der Waals surface area contributed by atoms with E-state index in [1.54, 1.807) is 0 Å². The third kappa shape index (κ3) is 3.74. The predicted octanol–water partition coefficient (Wildman–Crippen LogP) is 2.85. The SMILES string of the molecule is CC(C)c1ccc(CC(O)C2CSCCO2)cc1. The number of ether oxygens (including phenoxy) is 1. The van der Waals surface area contributed by atoms with Gasteiger partial charge in [-0.05, 0) is 17.0 Å². The van der Waals surface area contributed by atoms with E-state index >= 15 is 0 Å². The van der Waals surface area contributed by atoms with Crippen LogP contribution in [0.5, 0.6) is 0 Å². The molecule has 3 heteroatoms. The number of thioether (sulfide) groups is 1. The first-order valence-electron chi connectivity index (χ1n) is 6.63. The van der Waals surface area contributed by atoms with E-state index in [-0.39, 0.29) is 12.2 Å². The standard InChI is InChI=1S/C15H22O2S/c1-11(2)13-5-3-12(4-6-13)9-14(16)15-10-18-8-7-17-15/h3-6,11,14-16H,7-10H2,1-2H3. The highest BCUT2D eigenvalue weighted by molar-refractivity contribution is 7.99. The van der Waals surface area contributed by atoms with Crippen LogP contribution >= 0.6 is 11.8 Å². The van der Waals surface area contributed by atoms with Gasteiger partial charge in [-0.15, -0.1) is 0 Å². The van der Waals surface area contributed by atoms with Gasteiger partial charge < -0.3 is 9.84 Å². The van der Waals surface area contributed by atoms with Crippen molar-refractivity contribution < 1.29 is 9.84 Å². The molecule has 1 saturated heterocycles. The first-order chi connectivity index (χ1) is 8.66. The van der Waals surface area contributed by atoms with Crippen molar-refractivity contribution in [2.75, 3.05) is 18.1 Å². The summed E-state index contributed by atoms with van der Waals surface area (Å²) in [5.74, 6) is 2.51. The zero-order valence-corrected chi connectivity index (χ0v) is 12.0. The summed E-state index contributed by atoms with van der Waals surface area (Å²) in [7, 11) is 0. The molecule has 2 rings (SSSR count). The maximum Gasteiger partial charge on any atom is 0.0927 e. The molecule has 1 N–H and O–H groups in total. The largest absolute Gasteiger partial charge is 0.390 e. The van der Waals surface area contributed by atoms with Gasteiger partial charge in [-0.1, -0.05) is 38.1 Å². The minimum Gasteiger partial charge on any atom is -0.390 e. The molecule has 0 amide bonds. The number of rotatable bonds is 4. The van der Waals surface area contributed by atoms with Gasteiger partial charge in [-0.25, -0.2) is 0 Å². The Kier molecular flexibility index (Phi) is 5.10. The van der Waals surface area contributed by atoms with E-state index in [9.17, 15) is 5.11 Å². The molecule has 0 spiro atoms. The fraction of sp³-hybridized carbons (Fsp3) is 0.600. The maximum absolute atomic E-state index is 10.2. The summed E-state index contributed by atoms with van der Waals surface area (Å²) in [4.78, 5) is 0. The summed E-state index contributed by atoms with van der Waals surface area (Å²) >= 11 is 1.86. The van der Waals surface area contributed by atoms with Gasteiger partial charge >= 0.3 is 0 Å². The molecule has 1 heterocycles. The van der Waals surface area contributed by atoms with Gasteiger partial charge in [0.25, 0.3) is 0 Å². The lowest BCUT2D eigenvalue weighted by Crippen LogP contribution is -2.36. The summed E-state index contributed by atoms with van der Waals surface area (Å²) in [5, 5.41) is 10.2. The predicted molar refractivity (Wildman–Crippen MR) is 77.3 cm³/mol. The van der Waals surface area contributed by atoms with E-state index in [1.807, 2.05) is 11.8 Å². The number of hydrogen-bond acceptors (Lipinski definition) is 3. The van der Waals surface area contributed by atoms with Crippen LogP contribution in [0.15, 0.2) is 24.3 Å². The number of aliphatic hydroxyl groups is 1. The molecule has 0 bridgehead atoms. The summed E-state index contributed by atoms with van der Waals surface area (Å²) < 4.78 is 5.60. The van der Waals surface area contributed by atoms with Crippen LogP contribution < -0.4 is 0 Å². The van der Waals surface area contributed by atoms with Crippen LogP contribution in [0.2, 0.25) is 0 Å². The van der Waals surface area contributed by atoms with Crippen molar-refractivity contribution in [1.82, 2.24) is 0 Å². The van der Waals surface area contributed by atoms with E-state index in [0.29, 0.717) is 12.3 Å². The van der Waals surface area contributed by atoms with Gasteiger partial charge in [0.1, 0.15) is 0 Å². The minimum atomic E-state index is -0.386. The van der Waals surface area contributed by atoms with E-state index in [4.69, 9.17) is 4.74 Å². The van der Waals surface area contributed by atoms with Crippen LogP contribution in [0.25, 0.3) is 0 Å². The fourth-order valence-corrected chi connectivity index (χ4v) is 3.07. The van der Waals surface area contributed by atoms with Crippen molar-refractivity contribution in [3.8, 4) is 0 Å². The molecule has 1 aromatic carbocycles. The average molecular weight is 266 g/mol. The Morgan fingerprint density at radius 3 is 2.61 bits per heavy atom. The maximum atomic E-state index is 10.2. The molecule has 2 atom stereocenters. The second kappa shape index (κ2) is 6.60. The molecule has 1 aromatic rings. The molecule has 0 aromatic heterocycles. The van der Waals surface area contributed by atoms with Crippen LogP contribution in [0.4, 0.5) is 0 Å². The van der Waals surface area contributed by atoms with E-state index in [0.717, 1.165) is 18.1 Å². The summed E-state index contributed by atoms with van der Waals surface area (Å²) in [5.41, 5.74) is 2.53. The molecule has 100 valence electrons. The molecule has 1 aliphatic rings. The van der Waals surface area contributed by atoms with Gasteiger partial charge in [0.2, 0.25) is 0 Å². The fourth-order valence-electron chi connectivity index (χ4n) is 2.14. The average Bonchev–Trinajstić information content (AvgIpc) is 2.40. The zero-order chi connectivity index (χ0) is 13.0. The lowest BCUT2D eigenvalue weighted by atomic mass is 9.98. The van der Waals surface area contributed by atoms with Crippen molar-refractivity contribution in [3.63, 3.8) is 0 Å². The third-order valence-electron chi connectivity index (χ3n) is 3.36. The van der Waals surface area contributed by atoms with E-state index in [1.165, 1.54) is 11.1 Å². The van der Waals surface area contributed by atoms with Gasteiger partial charge in [0.05, 0.1) is 18.8 Å². The van der Waals surface area contributed by atoms with Crippen LogP contribution in [-0.2, 0) is 11.2 Å². The highest BCUT2D eigenvalue weighted by Crippen LogP contribution is 2.19. The molecular weight excluding hydrogens is 244 g/mol. The highest BCUT2D eigenvalue weighted by atomic mass is 32.2. The molecule has 2 nitrogen and oxygen atoms in total. The molecule has 18 heavy (non-hydrogen) atoms. The van der Waals surface area contributed by atoms with Crippen molar-refractivity contribution in [1.29, 1.82) is 0 Å². The smallest absolute Gasteiger partial charge is 0.0927 e. The topological polar surface area (TPSA) is 29.5 Å².